The molecule has 144 valence electrons. The molecule has 1 heterocycles. The van der Waals surface area contributed by atoms with Crippen LogP contribution in [0, 0.1) is 5.41 Å². The van der Waals surface area contributed by atoms with Gasteiger partial charge in [0.25, 0.3) is 0 Å². The summed E-state index contributed by atoms with van der Waals surface area (Å²) in [7, 11) is 1.65. The molecule has 5 nitrogen and oxygen atoms in total. The van der Waals surface area contributed by atoms with Crippen LogP contribution in [0.1, 0.15) is 11.1 Å². The van der Waals surface area contributed by atoms with Crippen molar-refractivity contribution in [1.29, 1.82) is 0 Å². The van der Waals surface area contributed by atoms with Crippen LogP contribution in [0.15, 0.2) is 48.5 Å². The van der Waals surface area contributed by atoms with Gasteiger partial charge in [0.2, 0.25) is 5.91 Å². The van der Waals surface area contributed by atoms with Crippen LogP contribution in [0.2, 0.25) is 5.02 Å². The van der Waals surface area contributed by atoms with E-state index >= 15 is 0 Å². The van der Waals surface area contributed by atoms with Crippen LogP contribution in [0.5, 0.6) is 5.75 Å². The van der Waals surface area contributed by atoms with E-state index in [-0.39, 0.29) is 5.91 Å². The molecule has 0 spiro atoms. The van der Waals surface area contributed by atoms with Crippen molar-refractivity contribution < 1.29 is 14.3 Å². The largest absolute Gasteiger partial charge is 0.491 e. The number of nitrogens with one attached hydrogen (secondary N) is 2. The lowest BCUT2D eigenvalue weighted by molar-refractivity contribution is -0.134. The van der Waals surface area contributed by atoms with E-state index in [1.54, 1.807) is 7.11 Å². The number of hydrogen-bond acceptors (Lipinski definition) is 4. The standard InChI is InChI=1S/C21H25ClN2O3/c1-26-10-11-27-19-8-4-17(5-9-19)13-24-20(25)21(14-23-15-21)12-16-2-6-18(22)7-3-16/h2-9,23H,10-15H2,1H3,(H,24,25). The third-order valence-corrected chi connectivity index (χ3v) is 5.05. The molecule has 0 unspecified atom stereocenters. The zero-order chi connectivity index (χ0) is 19.1. The molecule has 1 aliphatic rings. The van der Waals surface area contributed by atoms with Crippen molar-refractivity contribution in [3.63, 3.8) is 0 Å². The van der Waals surface area contributed by atoms with Crippen LogP contribution >= 0.6 is 11.6 Å². The average molecular weight is 389 g/mol. The molecule has 2 aromatic carbocycles. The summed E-state index contributed by atoms with van der Waals surface area (Å²) in [5, 5.41) is 7.02. The van der Waals surface area contributed by atoms with Crippen LogP contribution in [0.3, 0.4) is 0 Å². The highest BCUT2D eigenvalue weighted by atomic mass is 35.5. The van der Waals surface area contributed by atoms with E-state index < -0.39 is 5.41 Å². The van der Waals surface area contributed by atoms with Crippen molar-refractivity contribution in [3.05, 3.63) is 64.7 Å². The number of hydrogen-bond donors (Lipinski definition) is 2. The van der Waals surface area contributed by atoms with E-state index in [0.717, 1.165) is 16.9 Å². The molecule has 3 rings (SSSR count). The van der Waals surface area contributed by atoms with Crippen LogP contribution in [-0.2, 0) is 22.5 Å². The Bertz CT molecular complexity index is 743. The Hall–Kier alpha value is -2.08. The summed E-state index contributed by atoms with van der Waals surface area (Å²) >= 11 is 5.95. The fourth-order valence-electron chi connectivity index (χ4n) is 3.10. The first-order valence-electron chi connectivity index (χ1n) is 9.05. The number of methoxy groups -OCH3 is 1. The van der Waals surface area contributed by atoms with E-state index in [0.29, 0.717) is 44.3 Å². The minimum atomic E-state index is -0.392. The predicted molar refractivity (Wildman–Crippen MR) is 106 cm³/mol. The van der Waals surface area contributed by atoms with Gasteiger partial charge in [-0.2, -0.15) is 0 Å². The van der Waals surface area contributed by atoms with E-state index in [4.69, 9.17) is 21.1 Å². The molecule has 1 amide bonds. The Morgan fingerprint density at radius 1 is 1.07 bits per heavy atom. The zero-order valence-corrected chi connectivity index (χ0v) is 16.2. The first-order valence-corrected chi connectivity index (χ1v) is 9.43. The van der Waals surface area contributed by atoms with Gasteiger partial charge in [0, 0.05) is 31.8 Å². The molecule has 2 N–H and O–H groups in total. The molecule has 0 aromatic heterocycles. The van der Waals surface area contributed by atoms with E-state index in [1.807, 2.05) is 48.5 Å². The Balaban J connectivity index is 1.53. The second-order valence-electron chi connectivity index (χ2n) is 6.86. The summed E-state index contributed by atoms with van der Waals surface area (Å²) in [6.07, 6.45) is 0.704. The number of carbonyl (C=O) groups excluding carboxylic acids is 1. The second-order valence-corrected chi connectivity index (χ2v) is 7.29. The monoisotopic (exact) mass is 388 g/mol. The highest BCUT2D eigenvalue weighted by Crippen LogP contribution is 2.29. The maximum absolute atomic E-state index is 12.8. The van der Waals surface area contributed by atoms with Gasteiger partial charge in [-0.05, 0) is 41.8 Å². The fourth-order valence-corrected chi connectivity index (χ4v) is 3.23. The molecule has 0 bridgehead atoms. The molecule has 0 radical (unpaired) electrons. The van der Waals surface area contributed by atoms with Crippen LogP contribution in [0.25, 0.3) is 0 Å². The predicted octanol–water partition coefficient (Wildman–Crippen LogP) is 2.81. The number of carbonyl (C=O) groups is 1. The van der Waals surface area contributed by atoms with Crippen LogP contribution < -0.4 is 15.4 Å². The molecule has 0 atom stereocenters. The summed E-state index contributed by atoms with van der Waals surface area (Å²) < 4.78 is 10.5. The van der Waals surface area contributed by atoms with Gasteiger partial charge < -0.3 is 20.1 Å². The molecule has 1 aliphatic heterocycles. The smallest absolute Gasteiger partial charge is 0.229 e. The highest BCUT2D eigenvalue weighted by molar-refractivity contribution is 6.30. The van der Waals surface area contributed by atoms with Gasteiger partial charge in [-0.15, -0.1) is 0 Å². The van der Waals surface area contributed by atoms with Crippen molar-refractivity contribution in [2.45, 2.75) is 13.0 Å². The molecule has 2 aromatic rings. The Kier molecular flexibility index (Phi) is 6.72. The van der Waals surface area contributed by atoms with Gasteiger partial charge in [0.05, 0.1) is 12.0 Å². The Morgan fingerprint density at radius 2 is 1.74 bits per heavy atom. The van der Waals surface area contributed by atoms with Crippen LogP contribution in [-0.4, -0.2) is 39.3 Å². The van der Waals surface area contributed by atoms with Crippen molar-refractivity contribution in [1.82, 2.24) is 10.6 Å². The van der Waals surface area contributed by atoms with E-state index in [9.17, 15) is 4.79 Å². The normalized spacial score (nSPS) is 15.0. The first-order chi connectivity index (χ1) is 13.1. The maximum Gasteiger partial charge on any atom is 0.229 e. The summed E-state index contributed by atoms with van der Waals surface area (Å²) in [6, 6.07) is 15.4. The molecular weight excluding hydrogens is 364 g/mol. The summed E-state index contributed by atoms with van der Waals surface area (Å²) in [5.74, 6) is 0.876. The lowest BCUT2D eigenvalue weighted by atomic mass is 9.75. The average Bonchev–Trinajstić information content (AvgIpc) is 2.65. The van der Waals surface area contributed by atoms with Crippen LogP contribution in [0.4, 0.5) is 0 Å². The van der Waals surface area contributed by atoms with Gasteiger partial charge in [0.15, 0.2) is 0 Å². The summed E-state index contributed by atoms with van der Waals surface area (Å²) in [6.45, 7) is 2.95. The van der Waals surface area contributed by atoms with Crippen molar-refractivity contribution in [2.24, 2.45) is 5.41 Å². The van der Waals surface area contributed by atoms with Gasteiger partial charge in [-0.1, -0.05) is 35.9 Å². The second kappa shape index (κ2) is 9.22. The summed E-state index contributed by atoms with van der Waals surface area (Å²) in [4.78, 5) is 12.8. The molecule has 0 saturated carbocycles. The molecule has 6 heteroatoms. The Morgan fingerprint density at radius 3 is 2.33 bits per heavy atom. The van der Waals surface area contributed by atoms with Crippen molar-refractivity contribution >= 4 is 17.5 Å². The Labute approximate surface area is 165 Å². The molecule has 0 aliphatic carbocycles. The quantitative estimate of drug-likeness (QED) is 0.648. The third-order valence-electron chi connectivity index (χ3n) is 4.80. The van der Waals surface area contributed by atoms with Crippen molar-refractivity contribution in [2.75, 3.05) is 33.4 Å². The van der Waals surface area contributed by atoms with E-state index in [1.165, 1.54) is 0 Å². The first kappa shape index (κ1) is 19.7. The number of benzene rings is 2. The third kappa shape index (κ3) is 5.22. The highest BCUT2D eigenvalue weighted by Gasteiger charge is 2.43. The van der Waals surface area contributed by atoms with Gasteiger partial charge in [-0.3, -0.25) is 4.79 Å². The lowest BCUT2D eigenvalue weighted by Gasteiger charge is -2.41. The zero-order valence-electron chi connectivity index (χ0n) is 15.5. The fraction of sp³-hybridized carbons (Fsp3) is 0.381. The SMILES string of the molecule is COCCOc1ccc(CNC(=O)C2(Cc3ccc(Cl)cc3)CNC2)cc1. The van der Waals surface area contributed by atoms with Gasteiger partial charge in [0.1, 0.15) is 12.4 Å². The molecular formula is C21H25ClN2O3. The van der Waals surface area contributed by atoms with Crippen molar-refractivity contribution in [3.8, 4) is 5.75 Å². The molecule has 1 fully saturated rings. The number of rotatable bonds is 9. The number of amides is 1. The van der Waals surface area contributed by atoms with Gasteiger partial charge in [-0.25, -0.2) is 0 Å². The summed E-state index contributed by atoms with van der Waals surface area (Å²) in [5.41, 5.74) is 1.77. The van der Waals surface area contributed by atoms with E-state index in [2.05, 4.69) is 10.6 Å². The minimum absolute atomic E-state index is 0.0802. The lowest BCUT2D eigenvalue weighted by Crippen LogP contribution is -2.62. The topological polar surface area (TPSA) is 59.6 Å². The maximum atomic E-state index is 12.8. The minimum Gasteiger partial charge on any atom is -0.491 e. The molecule has 1 saturated heterocycles. The van der Waals surface area contributed by atoms with Gasteiger partial charge >= 0.3 is 0 Å². The molecule has 27 heavy (non-hydrogen) atoms. The number of halogens is 1. The number of ether oxygens (including phenoxy) is 2.